The van der Waals surface area contributed by atoms with Crippen molar-refractivity contribution in [3.05, 3.63) is 58.6 Å². The second kappa shape index (κ2) is 6.59. The van der Waals surface area contributed by atoms with Crippen molar-refractivity contribution in [1.29, 1.82) is 0 Å². The Morgan fingerprint density at radius 2 is 1.96 bits per heavy atom. The van der Waals surface area contributed by atoms with E-state index >= 15 is 0 Å². The molecule has 7 heteroatoms. The highest BCUT2D eigenvalue weighted by Gasteiger charge is 2.32. The molecule has 1 heterocycles. The van der Waals surface area contributed by atoms with E-state index in [9.17, 15) is 18.0 Å². The highest BCUT2D eigenvalue weighted by Crippen LogP contribution is 2.34. The average Bonchev–Trinajstić information content (AvgIpc) is 2.99. The fourth-order valence-electron chi connectivity index (χ4n) is 2.94. The van der Waals surface area contributed by atoms with Gasteiger partial charge in [-0.15, -0.1) is 0 Å². The van der Waals surface area contributed by atoms with Crippen molar-refractivity contribution in [2.24, 2.45) is 0 Å². The van der Waals surface area contributed by atoms with Gasteiger partial charge >= 0.3 is 6.18 Å². The van der Waals surface area contributed by atoms with Gasteiger partial charge < -0.3 is 10.2 Å². The lowest BCUT2D eigenvalue weighted by Crippen LogP contribution is -2.41. The fraction of sp³-hybridized carbons (Fsp3) is 0.278. The first-order valence-corrected chi connectivity index (χ1v) is 8.17. The van der Waals surface area contributed by atoms with Gasteiger partial charge in [0, 0.05) is 12.2 Å². The number of amides is 1. The van der Waals surface area contributed by atoms with E-state index in [1.165, 1.54) is 0 Å². The number of rotatable bonds is 3. The smallest absolute Gasteiger partial charge is 0.359 e. The summed E-state index contributed by atoms with van der Waals surface area (Å²) in [5.74, 6) is -0.405. The molecule has 3 nitrogen and oxygen atoms in total. The maximum absolute atomic E-state index is 12.8. The number of anilines is 2. The van der Waals surface area contributed by atoms with Crippen molar-refractivity contribution in [2.45, 2.75) is 25.6 Å². The van der Waals surface area contributed by atoms with Crippen LogP contribution in [0.4, 0.5) is 24.5 Å². The molecule has 0 radical (unpaired) electrons. The number of carbonyl (C=O) groups is 1. The second-order valence-electron chi connectivity index (χ2n) is 5.93. The monoisotopic (exact) mass is 368 g/mol. The number of benzene rings is 2. The molecule has 0 bridgehead atoms. The van der Waals surface area contributed by atoms with Crippen LogP contribution in [0.1, 0.15) is 18.1 Å². The predicted octanol–water partition coefficient (Wildman–Crippen LogP) is 4.75. The summed E-state index contributed by atoms with van der Waals surface area (Å²) in [6.07, 6.45) is -3.66. The van der Waals surface area contributed by atoms with E-state index in [0.717, 1.165) is 35.9 Å². The number of nitrogens with zero attached hydrogens (tertiary/aromatic N) is 1. The summed E-state index contributed by atoms with van der Waals surface area (Å²) in [6, 6.07) is 10.1. The van der Waals surface area contributed by atoms with E-state index in [-0.39, 0.29) is 10.7 Å². The lowest BCUT2D eigenvalue weighted by molar-refractivity contribution is -0.137. The van der Waals surface area contributed by atoms with Gasteiger partial charge in [-0.2, -0.15) is 13.2 Å². The van der Waals surface area contributed by atoms with Crippen molar-refractivity contribution < 1.29 is 18.0 Å². The van der Waals surface area contributed by atoms with Crippen LogP contribution in [0.15, 0.2) is 42.5 Å². The van der Waals surface area contributed by atoms with E-state index in [1.807, 2.05) is 29.2 Å². The standard InChI is InChI=1S/C18H16ClF3N2O/c1-11(24-9-8-12-4-2-3-5-16(12)24)17(25)23-15-10-13(18(20,21)22)6-7-14(15)19/h2-7,10-11H,8-9H2,1H3,(H,23,25)/t11-/m0/s1. The van der Waals surface area contributed by atoms with E-state index in [1.54, 1.807) is 6.92 Å². The first-order chi connectivity index (χ1) is 11.8. The molecular weight excluding hydrogens is 353 g/mol. The minimum atomic E-state index is -4.50. The Bertz CT molecular complexity index is 807. The van der Waals surface area contributed by atoms with Gasteiger partial charge in [0.2, 0.25) is 5.91 Å². The Morgan fingerprint density at radius 1 is 1.24 bits per heavy atom. The summed E-state index contributed by atoms with van der Waals surface area (Å²) in [6.45, 7) is 2.41. The van der Waals surface area contributed by atoms with Crippen LogP contribution in [0, 0.1) is 0 Å². The Labute approximate surface area is 148 Å². The molecule has 132 valence electrons. The third-order valence-electron chi connectivity index (χ3n) is 4.32. The number of halogens is 4. The molecular formula is C18H16ClF3N2O. The Balaban J connectivity index is 1.79. The van der Waals surface area contributed by atoms with Gasteiger partial charge in [-0.25, -0.2) is 0 Å². The molecule has 2 aromatic rings. The molecule has 25 heavy (non-hydrogen) atoms. The minimum absolute atomic E-state index is 0.0409. The molecule has 0 saturated carbocycles. The molecule has 1 N–H and O–H groups in total. The van der Waals surface area contributed by atoms with Gasteiger partial charge in [-0.1, -0.05) is 29.8 Å². The van der Waals surface area contributed by atoms with Crippen molar-refractivity contribution in [3.8, 4) is 0 Å². The van der Waals surface area contributed by atoms with Crippen LogP contribution in [0.25, 0.3) is 0 Å². The normalized spacial score (nSPS) is 15.0. The molecule has 2 aromatic carbocycles. The van der Waals surface area contributed by atoms with Crippen molar-refractivity contribution >= 4 is 28.9 Å². The maximum atomic E-state index is 12.8. The summed E-state index contributed by atoms with van der Waals surface area (Å²) in [5.41, 5.74) is 1.23. The quantitative estimate of drug-likeness (QED) is 0.848. The molecule has 0 unspecified atom stereocenters. The van der Waals surface area contributed by atoms with Gasteiger partial charge in [0.05, 0.1) is 16.3 Å². The van der Waals surface area contributed by atoms with E-state index in [4.69, 9.17) is 11.6 Å². The zero-order valence-electron chi connectivity index (χ0n) is 13.4. The lowest BCUT2D eigenvalue weighted by Gasteiger charge is -2.26. The summed E-state index contributed by atoms with van der Waals surface area (Å²) in [4.78, 5) is 14.5. The van der Waals surface area contributed by atoms with Crippen LogP contribution in [0.2, 0.25) is 5.02 Å². The molecule has 0 saturated heterocycles. The molecule has 1 atom stereocenters. The first kappa shape index (κ1) is 17.6. The molecule has 0 fully saturated rings. The summed E-state index contributed by atoms with van der Waals surface area (Å²) in [5, 5.41) is 2.58. The number of hydrogen-bond acceptors (Lipinski definition) is 2. The number of fused-ring (bicyclic) bond motifs is 1. The molecule has 3 rings (SSSR count). The van der Waals surface area contributed by atoms with E-state index in [0.29, 0.717) is 6.54 Å². The summed E-state index contributed by atoms with van der Waals surface area (Å²) >= 11 is 5.94. The minimum Gasteiger partial charge on any atom is -0.359 e. The Kier molecular flexibility index (Phi) is 4.64. The number of hydrogen-bond donors (Lipinski definition) is 1. The fourth-order valence-corrected chi connectivity index (χ4v) is 3.11. The highest BCUT2D eigenvalue weighted by molar-refractivity contribution is 6.33. The van der Waals surface area contributed by atoms with Gasteiger partial charge in [-0.3, -0.25) is 4.79 Å². The van der Waals surface area contributed by atoms with Gasteiger partial charge in [0.15, 0.2) is 0 Å². The molecule has 0 aromatic heterocycles. The van der Waals surface area contributed by atoms with Crippen LogP contribution in [-0.2, 0) is 17.4 Å². The van der Waals surface area contributed by atoms with E-state index < -0.39 is 23.7 Å². The topological polar surface area (TPSA) is 32.3 Å². The molecule has 1 amide bonds. The third-order valence-corrected chi connectivity index (χ3v) is 4.65. The van der Waals surface area contributed by atoms with Crippen LogP contribution in [0.3, 0.4) is 0 Å². The lowest BCUT2D eigenvalue weighted by atomic mass is 10.1. The third kappa shape index (κ3) is 3.58. The zero-order valence-corrected chi connectivity index (χ0v) is 14.2. The number of alkyl halides is 3. The van der Waals surface area contributed by atoms with Crippen molar-refractivity contribution in [1.82, 2.24) is 0 Å². The van der Waals surface area contributed by atoms with Crippen molar-refractivity contribution in [3.63, 3.8) is 0 Å². The zero-order chi connectivity index (χ0) is 18.2. The van der Waals surface area contributed by atoms with Gasteiger partial charge in [0.25, 0.3) is 0 Å². The summed E-state index contributed by atoms with van der Waals surface area (Å²) < 4.78 is 38.5. The molecule has 0 spiro atoms. The summed E-state index contributed by atoms with van der Waals surface area (Å²) in [7, 11) is 0. The highest BCUT2D eigenvalue weighted by atomic mass is 35.5. The average molecular weight is 369 g/mol. The van der Waals surface area contributed by atoms with Crippen LogP contribution in [0.5, 0.6) is 0 Å². The van der Waals surface area contributed by atoms with Crippen LogP contribution >= 0.6 is 11.6 Å². The van der Waals surface area contributed by atoms with Crippen molar-refractivity contribution in [2.75, 3.05) is 16.8 Å². The van der Waals surface area contributed by atoms with E-state index in [2.05, 4.69) is 5.32 Å². The Morgan fingerprint density at radius 3 is 2.68 bits per heavy atom. The first-order valence-electron chi connectivity index (χ1n) is 7.79. The SMILES string of the molecule is C[C@@H](C(=O)Nc1cc(C(F)(F)F)ccc1Cl)N1CCc2ccccc21. The number of para-hydroxylation sites is 1. The van der Waals surface area contributed by atoms with Crippen LogP contribution < -0.4 is 10.2 Å². The van der Waals surface area contributed by atoms with Gasteiger partial charge in [0.1, 0.15) is 6.04 Å². The molecule has 0 aliphatic carbocycles. The second-order valence-corrected chi connectivity index (χ2v) is 6.34. The van der Waals surface area contributed by atoms with Crippen LogP contribution in [-0.4, -0.2) is 18.5 Å². The molecule has 1 aliphatic rings. The number of nitrogens with one attached hydrogen (secondary N) is 1. The Hall–Kier alpha value is -2.21. The van der Waals surface area contributed by atoms with Gasteiger partial charge in [-0.05, 0) is 43.2 Å². The predicted molar refractivity (Wildman–Crippen MR) is 92.0 cm³/mol. The largest absolute Gasteiger partial charge is 0.416 e. The molecule has 1 aliphatic heterocycles. The number of carbonyl (C=O) groups excluding carboxylic acids is 1. The maximum Gasteiger partial charge on any atom is 0.416 e.